The van der Waals surface area contributed by atoms with Gasteiger partial charge in [-0.15, -0.1) is 0 Å². The Kier molecular flexibility index (Phi) is 37.0. The average molecular weight is 553 g/mol. The number of likely N-dealkylation sites (tertiary alicyclic amines) is 2. The van der Waals surface area contributed by atoms with Gasteiger partial charge in [-0.1, -0.05) is 55.4 Å². The monoisotopic (exact) mass is 553 g/mol. The summed E-state index contributed by atoms with van der Waals surface area (Å²) in [5, 5.41) is 4.03. The van der Waals surface area contributed by atoms with Crippen molar-refractivity contribution in [1.29, 1.82) is 0 Å². The van der Waals surface area contributed by atoms with Crippen molar-refractivity contribution in [2.24, 2.45) is 0 Å². The highest BCUT2D eigenvalue weighted by Gasteiger charge is 2.15. The largest absolute Gasteiger partial charge is 0.335 e. The van der Waals surface area contributed by atoms with Crippen molar-refractivity contribution in [3.63, 3.8) is 0 Å². The summed E-state index contributed by atoms with van der Waals surface area (Å²) in [6, 6.07) is 4.52. The molecule has 0 spiro atoms. The van der Waals surface area contributed by atoms with Gasteiger partial charge in [0.2, 0.25) is 0 Å². The molecule has 2 fully saturated rings. The molecule has 2 aliphatic rings. The lowest BCUT2D eigenvalue weighted by molar-refractivity contribution is 0.138. The first-order valence-electron chi connectivity index (χ1n) is 16.2. The Morgan fingerprint density at radius 3 is 1.10 bits per heavy atom. The highest BCUT2D eigenvalue weighted by molar-refractivity contribution is 4.79. The Morgan fingerprint density at radius 1 is 0.513 bits per heavy atom. The number of hydrogen-bond acceptors (Lipinski definition) is 4. The van der Waals surface area contributed by atoms with Crippen LogP contribution in [-0.4, -0.2) is 67.4 Å². The molecule has 0 N–H and O–H groups in total. The summed E-state index contributed by atoms with van der Waals surface area (Å²) in [4.78, 5) is 8.91. The molecule has 0 radical (unpaired) electrons. The van der Waals surface area contributed by atoms with Crippen molar-refractivity contribution >= 4 is 0 Å². The maximum atomic E-state index is 4.03. The van der Waals surface area contributed by atoms with E-state index in [-0.39, 0.29) is 0 Å². The molecule has 0 unspecified atom stereocenters. The molecule has 2 saturated heterocycles. The molecule has 4 heterocycles. The van der Waals surface area contributed by atoms with Crippen LogP contribution in [0.4, 0.5) is 0 Å². The Hall–Kier alpha value is -1.66. The molecule has 4 rings (SSSR count). The van der Waals surface area contributed by atoms with Crippen molar-refractivity contribution in [1.82, 2.24) is 29.1 Å². The van der Waals surface area contributed by atoms with Crippen LogP contribution < -0.4 is 0 Å². The highest BCUT2D eigenvalue weighted by Crippen LogP contribution is 2.10. The molecule has 0 aromatic carbocycles. The van der Waals surface area contributed by atoms with Gasteiger partial charge in [0.1, 0.15) is 0 Å². The van der Waals surface area contributed by atoms with Gasteiger partial charge >= 0.3 is 0 Å². The molecule has 6 heteroatoms. The van der Waals surface area contributed by atoms with Gasteiger partial charge in [0.15, 0.2) is 0 Å². The third-order valence-corrected chi connectivity index (χ3v) is 5.67. The molecule has 2 aliphatic heterocycles. The minimum absolute atomic E-state index is 0.491. The van der Waals surface area contributed by atoms with Gasteiger partial charge in [-0.05, 0) is 107 Å². The quantitative estimate of drug-likeness (QED) is 0.378. The van der Waals surface area contributed by atoms with Crippen molar-refractivity contribution in [3.8, 4) is 0 Å². The number of rotatable bonds is 4. The molecule has 0 bridgehead atoms. The summed E-state index contributed by atoms with van der Waals surface area (Å²) in [6.07, 6.45) is 13.6. The molecule has 0 saturated carbocycles. The van der Waals surface area contributed by atoms with Crippen LogP contribution in [0.25, 0.3) is 0 Å². The van der Waals surface area contributed by atoms with E-state index in [0.717, 1.165) is 12.1 Å². The van der Waals surface area contributed by atoms with Gasteiger partial charge in [-0.3, -0.25) is 4.68 Å². The number of hydrogen-bond donors (Lipinski definition) is 0. The number of imidazole rings is 1. The maximum Gasteiger partial charge on any atom is 0.0948 e. The first kappa shape index (κ1) is 44.4. The summed E-state index contributed by atoms with van der Waals surface area (Å²) < 4.78 is 3.97. The second kappa shape index (κ2) is 32.6. The lowest BCUT2D eigenvalue weighted by atomic mass is 10.2. The van der Waals surface area contributed by atoms with E-state index in [1.54, 1.807) is 12.4 Å². The zero-order valence-corrected chi connectivity index (χ0v) is 29.4. The normalized spacial score (nSPS) is 13.6. The lowest BCUT2D eigenvalue weighted by Crippen LogP contribution is -2.41. The second-order valence-electron chi connectivity index (χ2n) is 9.50. The summed E-state index contributed by atoms with van der Waals surface area (Å²) in [7, 11) is 0. The number of nitrogens with zero attached hydrogens (tertiary/aromatic N) is 6. The minimum atomic E-state index is 0.491. The zero-order valence-electron chi connectivity index (χ0n) is 29.4. The van der Waals surface area contributed by atoms with E-state index < -0.39 is 0 Å². The Morgan fingerprint density at radius 2 is 0.949 bits per heavy atom. The van der Waals surface area contributed by atoms with Crippen LogP contribution in [0.5, 0.6) is 0 Å². The van der Waals surface area contributed by atoms with E-state index in [2.05, 4.69) is 79.8 Å². The van der Waals surface area contributed by atoms with Crippen molar-refractivity contribution in [3.05, 3.63) is 37.2 Å². The molecule has 6 nitrogen and oxygen atoms in total. The van der Waals surface area contributed by atoms with Gasteiger partial charge in [0, 0.05) is 49.0 Å². The van der Waals surface area contributed by atoms with E-state index in [4.69, 9.17) is 0 Å². The fourth-order valence-corrected chi connectivity index (χ4v) is 3.28. The van der Waals surface area contributed by atoms with Gasteiger partial charge in [0.05, 0.1) is 6.33 Å². The van der Waals surface area contributed by atoms with Crippen LogP contribution in [0.3, 0.4) is 0 Å². The topological polar surface area (TPSA) is 42.1 Å². The smallest absolute Gasteiger partial charge is 0.0948 e. The van der Waals surface area contributed by atoms with Crippen LogP contribution in [0.1, 0.15) is 142 Å². The molecule has 0 aliphatic carbocycles. The van der Waals surface area contributed by atoms with Crippen LogP contribution in [-0.2, 0) is 0 Å². The fourth-order valence-electron chi connectivity index (χ4n) is 3.28. The summed E-state index contributed by atoms with van der Waals surface area (Å²) >= 11 is 0. The van der Waals surface area contributed by atoms with Crippen LogP contribution in [0.15, 0.2) is 37.2 Å². The van der Waals surface area contributed by atoms with E-state index in [0.29, 0.717) is 12.1 Å². The average Bonchev–Trinajstić information content (AvgIpc) is 3.72. The van der Waals surface area contributed by atoms with E-state index in [9.17, 15) is 0 Å². The molecule has 2 aromatic heterocycles. The third kappa shape index (κ3) is 25.1. The minimum Gasteiger partial charge on any atom is -0.335 e. The van der Waals surface area contributed by atoms with Crippen molar-refractivity contribution < 1.29 is 0 Å². The lowest BCUT2D eigenvalue weighted by Gasteiger charge is -2.34. The molecular formula is C33H72N6. The fraction of sp³-hybridized carbons (Fsp3) is 0.818. The van der Waals surface area contributed by atoms with Gasteiger partial charge < -0.3 is 14.4 Å². The maximum absolute atomic E-state index is 4.03. The van der Waals surface area contributed by atoms with Gasteiger partial charge in [-0.25, -0.2) is 4.98 Å². The molecule has 234 valence electrons. The first-order valence-corrected chi connectivity index (χ1v) is 16.2. The van der Waals surface area contributed by atoms with E-state index >= 15 is 0 Å². The van der Waals surface area contributed by atoms with Gasteiger partial charge in [-0.2, -0.15) is 5.10 Å². The summed E-state index contributed by atoms with van der Waals surface area (Å²) in [5.74, 6) is 0. The molecule has 2 aromatic rings. The van der Waals surface area contributed by atoms with Crippen LogP contribution >= 0.6 is 0 Å². The number of aromatic nitrogens is 4. The summed E-state index contributed by atoms with van der Waals surface area (Å²) in [6.45, 7) is 38.8. The standard InChI is InChI=1S/C7H15N.2C6H10N2.C6H13N.4C2H6/c1-7(2)8-5-3-4-6-8;1-6(2)8-4-3-7-5-8;1-6(2)8-5-3-4-7-8;1-6(2)7-4-3-5-7;4*1-2/h7H,3-6H2,1-2H3;2*3-6H,1-2H3;6H,3-5H2,1-2H3;4*1-2H3. The second-order valence-corrected chi connectivity index (χ2v) is 9.50. The Bertz CT molecular complexity index is 585. The highest BCUT2D eigenvalue weighted by atomic mass is 15.3. The molecule has 0 amide bonds. The molecular weight excluding hydrogens is 480 g/mol. The Balaban J connectivity index is -0.000000193. The first-order chi connectivity index (χ1) is 18.7. The van der Waals surface area contributed by atoms with Crippen LogP contribution in [0.2, 0.25) is 0 Å². The predicted octanol–water partition coefficient (Wildman–Crippen LogP) is 9.62. The van der Waals surface area contributed by atoms with Crippen molar-refractivity contribution in [2.45, 2.75) is 154 Å². The van der Waals surface area contributed by atoms with Crippen LogP contribution in [0, 0.1) is 0 Å². The zero-order chi connectivity index (χ0) is 31.2. The third-order valence-electron chi connectivity index (χ3n) is 5.67. The van der Waals surface area contributed by atoms with Crippen molar-refractivity contribution in [2.75, 3.05) is 26.2 Å². The SMILES string of the molecule is CC.CC.CC.CC.CC(C)N1CCC1.CC(C)N1CCCC1.CC(C)n1cccn1.CC(C)n1ccnc1. The predicted molar refractivity (Wildman–Crippen MR) is 178 cm³/mol. The molecule has 39 heavy (non-hydrogen) atoms. The van der Waals surface area contributed by atoms with E-state index in [1.807, 2.05) is 84.9 Å². The van der Waals surface area contributed by atoms with E-state index in [1.165, 1.54) is 45.4 Å². The Labute approximate surface area is 246 Å². The summed E-state index contributed by atoms with van der Waals surface area (Å²) in [5.41, 5.74) is 0. The molecule has 0 atom stereocenters. The van der Waals surface area contributed by atoms with Gasteiger partial charge in [0.25, 0.3) is 0 Å².